The van der Waals surface area contributed by atoms with Gasteiger partial charge in [0.05, 0.1) is 12.0 Å². The third kappa shape index (κ3) is 3.34. The van der Waals surface area contributed by atoms with Crippen molar-refractivity contribution in [1.82, 2.24) is 14.9 Å². The zero-order chi connectivity index (χ0) is 11.2. The van der Waals surface area contributed by atoms with E-state index in [0.717, 1.165) is 19.0 Å². The number of imidazole rings is 1. The van der Waals surface area contributed by atoms with E-state index in [1.54, 1.807) is 0 Å². The molecule has 0 radical (unpaired) electrons. The lowest BCUT2D eigenvalue weighted by atomic mass is 9.87. The van der Waals surface area contributed by atoms with Crippen molar-refractivity contribution in [3.05, 3.63) is 18.2 Å². The van der Waals surface area contributed by atoms with Crippen LogP contribution in [0.25, 0.3) is 0 Å². The van der Waals surface area contributed by atoms with Gasteiger partial charge >= 0.3 is 0 Å². The summed E-state index contributed by atoms with van der Waals surface area (Å²) < 4.78 is 2.08. The number of rotatable bonds is 5. The molecule has 0 atom stereocenters. The van der Waals surface area contributed by atoms with Crippen molar-refractivity contribution < 1.29 is 0 Å². The van der Waals surface area contributed by atoms with Gasteiger partial charge in [0, 0.05) is 19.8 Å². The predicted octanol–water partition coefficient (Wildman–Crippen LogP) is 2.48. The second-order valence-electron chi connectivity index (χ2n) is 4.97. The van der Waals surface area contributed by atoms with Gasteiger partial charge in [-0.05, 0) is 18.9 Å². The van der Waals surface area contributed by atoms with Crippen LogP contribution in [0, 0.1) is 5.92 Å². The normalized spacial score (nSPS) is 17.8. The van der Waals surface area contributed by atoms with Crippen LogP contribution in [0.2, 0.25) is 0 Å². The van der Waals surface area contributed by atoms with Crippen molar-refractivity contribution in [2.45, 2.75) is 45.1 Å². The molecule has 2 rings (SSSR count). The molecule has 0 bridgehead atoms. The largest absolute Gasteiger partial charge is 0.337 e. The molecular weight excluding hydrogens is 198 g/mol. The number of nitrogens with zero attached hydrogens (tertiary/aromatic N) is 2. The quantitative estimate of drug-likeness (QED) is 0.774. The minimum absolute atomic E-state index is 0.948. The average Bonchev–Trinajstić information content (AvgIpc) is 2.72. The first-order valence-corrected chi connectivity index (χ1v) is 6.52. The molecule has 1 aliphatic carbocycles. The van der Waals surface area contributed by atoms with Gasteiger partial charge in [-0.1, -0.05) is 32.1 Å². The van der Waals surface area contributed by atoms with Crippen molar-refractivity contribution in [3.63, 3.8) is 0 Å². The molecule has 1 N–H and O–H groups in total. The van der Waals surface area contributed by atoms with Crippen LogP contribution < -0.4 is 5.32 Å². The fourth-order valence-corrected chi connectivity index (χ4v) is 2.55. The lowest BCUT2D eigenvalue weighted by Crippen LogP contribution is -2.20. The summed E-state index contributed by atoms with van der Waals surface area (Å²) in [5.41, 5.74) is 1.27. The van der Waals surface area contributed by atoms with Gasteiger partial charge in [-0.3, -0.25) is 0 Å². The van der Waals surface area contributed by atoms with Gasteiger partial charge < -0.3 is 9.88 Å². The maximum atomic E-state index is 4.11. The van der Waals surface area contributed by atoms with Gasteiger partial charge in [0.2, 0.25) is 0 Å². The summed E-state index contributed by atoms with van der Waals surface area (Å²) in [6.07, 6.45) is 12.4. The Bertz CT molecular complexity index is 300. The number of hydrogen-bond donors (Lipinski definition) is 1. The fourth-order valence-electron chi connectivity index (χ4n) is 2.55. The molecule has 0 spiro atoms. The molecule has 3 heteroatoms. The Hall–Kier alpha value is -0.830. The van der Waals surface area contributed by atoms with E-state index in [4.69, 9.17) is 0 Å². The zero-order valence-electron chi connectivity index (χ0n) is 10.3. The van der Waals surface area contributed by atoms with Gasteiger partial charge in [-0.25, -0.2) is 4.98 Å². The summed E-state index contributed by atoms with van der Waals surface area (Å²) in [7, 11) is 2.05. The van der Waals surface area contributed by atoms with Gasteiger partial charge in [0.1, 0.15) is 0 Å². The highest BCUT2D eigenvalue weighted by atomic mass is 15.0. The Morgan fingerprint density at radius 2 is 2.19 bits per heavy atom. The molecule has 3 nitrogen and oxygen atoms in total. The Balaban J connectivity index is 1.59. The van der Waals surface area contributed by atoms with Crippen LogP contribution in [0.3, 0.4) is 0 Å². The molecule has 0 aromatic carbocycles. The number of aromatic nitrogens is 2. The van der Waals surface area contributed by atoms with E-state index >= 15 is 0 Å². The first-order valence-electron chi connectivity index (χ1n) is 6.52. The van der Waals surface area contributed by atoms with E-state index in [1.807, 2.05) is 19.6 Å². The monoisotopic (exact) mass is 221 g/mol. The molecule has 0 amide bonds. The van der Waals surface area contributed by atoms with Crippen molar-refractivity contribution in [1.29, 1.82) is 0 Å². The summed E-state index contributed by atoms with van der Waals surface area (Å²) in [5, 5.41) is 3.52. The van der Waals surface area contributed by atoms with Crippen LogP contribution in [0.1, 0.15) is 44.2 Å². The maximum Gasteiger partial charge on any atom is 0.0945 e. The second-order valence-corrected chi connectivity index (χ2v) is 4.97. The van der Waals surface area contributed by atoms with E-state index in [-0.39, 0.29) is 0 Å². The van der Waals surface area contributed by atoms with Crippen molar-refractivity contribution >= 4 is 0 Å². The highest BCUT2D eigenvalue weighted by Crippen LogP contribution is 2.25. The minimum atomic E-state index is 0.948. The van der Waals surface area contributed by atoms with E-state index in [2.05, 4.69) is 14.9 Å². The van der Waals surface area contributed by atoms with Gasteiger partial charge in [0.15, 0.2) is 0 Å². The van der Waals surface area contributed by atoms with Crippen LogP contribution in [-0.4, -0.2) is 16.1 Å². The Morgan fingerprint density at radius 3 is 2.88 bits per heavy atom. The van der Waals surface area contributed by atoms with E-state index in [1.165, 1.54) is 44.2 Å². The topological polar surface area (TPSA) is 29.9 Å². The lowest BCUT2D eigenvalue weighted by molar-refractivity contribution is 0.333. The second kappa shape index (κ2) is 6.04. The molecule has 0 aliphatic heterocycles. The number of aryl methyl sites for hydroxylation is 1. The summed E-state index contributed by atoms with van der Waals surface area (Å²) in [5.74, 6) is 0.979. The first-order chi connectivity index (χ1) is 7.86. The molecule has 1 aromatic heterocycles. The number of hydrogen-bond acceptors (Lipinski definition) is 2. The standard InChI is InChI=1S/C13H23N3/c1-16-11-15-10-13(16)9-14-8-7-12-5-3-2-4-6-12/h10-12,14H,2-9H2,1H3. The van der Waals surface area contributed by atoms with Crippen molar-refractivity contribution in [2.24, 2.45) is 13.0 Å². The Morgan fingerprint density at radius 1 is 1.38 bits per heavy atom. The summed E-state index contributed by atoms with van der Waals surface area (Å²) in [4.78, 5) is 4.11. The SMILES string of the molecule is Cn1cncc1CNCCC1CCCCC1. The van der Waals surface area contributed by atoms with Crippen LogP contribution >= 0.6 is 0 Å². The van der Waals surface area contributed by atoms with Gasteiger partial charge in [-0.15, -0.1) is 0 Å². The molecule has 0 unspecified atom stereocenters. The van der Waals surface area contributed by atoms with Crippen molar-refractivity contribution in [3.8, 4) is 0 Å². The Labute approximate surface area is 98.3 Å². The predicted molar refractivity (Wildman–Crippen MR) is 66.1 cm³/mol. The molecule has 90 valence electrons. The summed E-state index contributed by atoms with van der Waals surface area (Å²) >= 11 is 0. The third-order valence-corrected chi connectivity index (χ3v) is 3.68. The molecule has 1 fully saturated rings. The van der Waals surface area contributed by atoms with Crippen LogP contribution in [-0.2, 0) is 13.6 Å². The van der Waals surface area contributed by atoms with Gasteiger partial charge in [-0.2, -0.15) is 0 Å². The summed E-state index contributed by atoms with van der Waals surface area (Å²) in [6.45, 7) is 2.10. The highest BCUT2D eigenvalue weighted by Gasteiger charge is 2.12. The zero-order valence-corrected chi connectivity index (χ0v) is 10.3. The molecule has 0 saturated heterocycles. The number of nitrogens with one attached hydrogen (secondary N) is 1. The first kappa shape index (κ1) is 11.6. The highest BCUT2D eigenvalue weighted by molar-refractivity contribution is 4.96. The fraction of sp³-hybridized carbons (Fsp3) is 0.769. The molecule has 1 heterocycles. The van der Waals surface area contributed by atoms with Crippen LogP contribution in [0.4, 0.5) is 0 Å². The van der Waals surface area contributed by atoms with Crippen molar-refractivity contribution in [2.75, 3.05) is 6.54 Å². The minimum Gasteiger partial charge on any atom is -0.337 e. The smallest absolute Gasteiger partial charge is 0.0945 e. The Kier molecular flexibility index (Phi) is 4.40. The van der Waals surface area contributed by atoms with Crippen LogP contribution in [0.15, 0.2) is 12.5 Å². The van der Waals surface area contributed by atoms with E-state index in [9.17, 15) is 0 Å². The third-order valence-electron chi connectivity index (χ3n) is 3.68. The molecule has 16 heavy (non-hydrogen) atoms. The van der Waals surface area contributed by atoms with E-state index in [0.29, 0.717) is 0 Å². The molecular formula is C13H23N3. The summed E-state index contributed by atoms with van der Waals surface area (Å²) in [6, 6.07) is 0. The van der Waals surface area contributed by atoms with Gasteiger partial charge in [0.25, 0.3) is 0 Å². The molecule has 1 saturated carbocycles. The van der Waals surface area contributed by atoms with Crippen LogP contribution in [0.5, 0.6) is 0 Å². The lowest BCUT2D eigenvalue weighted by Gasteiger charge is -2.21. The average molecular weight is 221 g/mol. The maximum absolute atomic E-state index is 4.11. The van der Waals surface area contributed by atoms with E-state index < -0.39 is 0 Å². The molecule has 1 aromatic rings. The molecule has 1 aliphatic rings.